The number of thiophene rings is 1. The minimum Gasteiger partial charge on any atom is -0.311 e. The highest BCUT2D eigenvalue weighted by molar-refractivity contribution is 9.10. The first-order chi connectivity index (χ1) is 7.79. The van der Waals surface area contributed by atoms with Gasteiger partial charge in [0.1, 0.15) is 0 Å². The fraction of sp³-hybridized carbons (Fsp3) is 0.273. The maximum Gasteiger partial charge on any atom is 0.169 e. The minimum absolute atomic E-state index is 0.790. The van der Waals surface area contributed by atoms with Crippen LogP contribution in [-0.2, 0) is 6.54 Å². The summed E-state index contributed by atoms with van der Waals surface area (Å²) in [6, 6.07) is 3.98. The lowest BCUT2D eigenvalue weighted by Gasteiger charge is -2.02. The standard InChI is InChI=1S/C11H12BrN3S/c1-2-13-6-9-3-4-14-11(15-9)10-5-8(12)7-16-10/h3-5,7,13H,2,6H2,1H3. The topological polar surface area (TPSA) is 37.8 Å². The first-order valence-corrected chi connectivity index (χ1v) is 6.74. The van der Waals surface area contributed by atoms with E-state index in [1.807, 2.05) is 23.7 Å². The Hall–Kier alpha value is -0.780. The van der Waals surface area contributed by atoms with E-state index >= 15 is 0 Å². The van der Waals surface area contributed by atoms with Gasteiger partial charge in [0.2, 0.25) is 0 Å². The molecule has 0 aliphatic carbocycles. The van der Waals surface area contributed by atoms with E-state index in [9.17, 15) is 0 Å². The molecule has 2 rings (SSSR count). The average Bonchev–Trinajstić information content (AvgIpc) is 2.74. The van der Waals surface area contributed by atoms with Crippen molar-refractivity contribution >= 4 is 27.3 Å². The van der Waals surface area contributed by atoms with Crippen molar-refractivity contribution in [1.29, 1.82) is 0 Å². The largest absolute Gasteiger partial charge is 0.311 e. The van der Waals surface area contributed by atoms with Crippen molar-refractivity contribution in [2.24, 2.45) is 0 Å². The molecule has 0 saturated heterocycles. The maximum absolute atomic E-state index is 4.51. The van der Waals surface area contributed by atoms with E-state index in [1.54, 1.807) is 11.3 Å². The third-order valence-corrected chi connectivity index (χ3v) is 3.74. The van der Waals surface area contributed by atoms with E-state index in [1.165, 1.54) is 0 Å². The van der Waals surface area contributed by atoms with Crippen LogP contribution in [0, 0.1) is 0 Å². The molecule has 0 spiro atoms. The van der Waals surface area contributed by atoms with Gasteiger partial charge in [-0.2, -0.15) is 0 Å². The Balaban J connectivity index is 2.22. The van der Waals surface area contributed by atoms with Crippen LogP contribution in [0.25, 0.3) is 10.7 Å². The van der Waals surface area contributed by atoms with Crippen LogP contribution in [0.3, 0.4) is 0 Å². The van der Waals surface area contributed by atoms with Gasteiger partial charge in [0.15, 0.2) is 5.82 Å². The number of hydrogen-bond donors (Lipinski definition) is 1. The number of rotatable bonds is 4. The normalized spacial score (nSPS) is 10.6. The highest BCUT2D eigenvalue weighted by atomic mass is 79.9. The first kappa shape index (κ1) is 11.7. The number of nitrogens with zero attached hydrogens (tertiary/aromatic N) is 2. The molecule has 0 bridgehead atoms. The molecule has 0 aliphatic heterocycles. The molecule has 0 fully saturated rings. The molecule has 0 unspecified atom stereocenters. The van der Waals surface area contributed by atoms with E-state index in [0.717, 1.165) is 34.0 Å². The fourth-order valence-corrected chi connectivity index (χ4v) is 2.66. The molecule has 0 saturated carbocycles. The van der Waals surface area contributed by atoms with Crippen LogP contribution in [0.5, 0.6) is 0 Å². The van der Waals surface area contributed by atoms with Crippen LogP contribution in [-0.4, -0.2) is 16.5 Å². The summed E-state index contributed by atoms with van der Waals surface area (Å²) >= 11 is 5.08. The Morgan fingerprint density at radius 1 is 1.50 bits per heavy atom. The van der Waals surface area contributed by atoms with Crippen molar-refractivity contribution in [3.63, 3.8) is 0 Å². The van der Waals surface area contributed by atoms with Crippen LogP contribution in [0.4, 0.5) is 0 Å². The zero-order valence-electron chi connectivity index (χ0n) is 8.90. The minimum atomic E-state index is 0.790. The molecule has 0 amide bonds. The van der Waals surface area contributed by atoms with Crippen LogP contribution >= 0.6 is 27.3 Å². The maximum atomic E-state index is 4.51. The van der Waals surface area contributed by atoms with E-state index in [2.05, 4.69) is 38.1 Å². The lowest BCUT2D eigenvalue weighted by atomic mass is 10.3. The summed E-state index contributed by atoms with van der Waals surface area (Å²) in [5.74, 6) is 0.797. The molecule has 0 aliphatic rings. The molecule has 1 N–H and O–H groups in total. The van der Waals surface area contributed by atoms with Gasteiger partial charge in [0.25, 0.3) is 0 Å². The molecular weight excluding hydrogens is 286 g/mol. The van der Waals surface area contributed by atoms with Crippen molar-refractivity contribution in [3.05, 3.63) is 33.9 Å². The summed E-state index contributed by atoms with van der Waals surface area (Å²) in [6.45, 7) is 3.82. The Morgan fingerprint density at radius 3 is 3.06 bits per heavy atom. The second-order valence-electron chi connectivity index (χ2n) is 3.28. The highest BCUT2D eigenvalue weighted by Crippen LogP contribution is 2.27. The molecular formula is C11H12BrN3S. The van der Waals surface area contributed by atoms with Crippen LogP contribution in [0.15, 0.2) is 28.2 Å². The van der Waals surface area contributed by atoms with Gasteiger partial charge >= 0.3 is 0 Å². The van der Waals surface area contributed by atoms with E-state index in [4.69, 9.17) is 0 Å². The molecule has 0 atom stereocenters. The SMILES string of the molecule is CCNCc1ccnc(-c2cc(Br)cs2)n1. The van der Waals surface area contributed by atoms with Crippen LogP contribution in [0.2, 0.25) is 0 Å². The van der Waals surface area contributed by atoms with Crippen molar-refractivity contribution in [3.8, 4) is 10.7 Å². The molecule has 84 valence electrons. The lowest BCUT2D eigenvalue weighted by Crippen LogP contribution is -2.13. The lowest BCUT2D eigenvalue weighted by molar-refractivity contribution is 0.709. The first-order valence-electron chi connectivity index (χ1n) is 5.06. The molecule has 3 nitrogen and oxygen atoms in total. The zero-order valence-corrected chi connectivity index (χ0v) is 11.3. The van der Waals surface area contributed by atoms with E-state index in [0.29, 0.717) is 0 Å². The molecule has 5 heteroatoms. The number of halogens is 1. The number of hydrogen-bond acceptors (Lipinski definition) is 4. The Kier molecular flexibility index (Phi) is 4.04. The quantitative estimate of drug-likeness (QED) is 0.942. The second-order valence-corrected chi connectivity index (χ2v) is 5.11. The monoisotopic (exact) mass is 297 g/mol. The van der Waals surface area contributed by atoms with Crippen molar-refractivity contribution in [2.75, 3.05) is 6.54 Å². The van der Waals surface area contributed by atoms with Gasteiger partial charge in [-0.25, -0.2) is 9.97 Å². The van der Waals surface area contributed by atoms with Gasteiger partial charge in [0.05, 0.1) is 10.6 Å². The average molecular weight is 298 g/mol. The predicted molar refractivity (Wildman–Crippen MR) is 70.4 cm³/mol. The summed E-state index contributed by atoms with van der Waals surface area (Å²) in [7, 11) is 0. The Morgan fingerprint density at radius 2 is 2.38 bits per heavy atom. The van der Waals surface area contributed by atoms with Gasteiger partial charge in [0, 0.05) is 22.6 Å². The van der Waals surface area contributed by atoms with Gasteiger partial charge < -0.3 is 5.32 Å². The van der Waals surface area contributed by atoms with Gasteiger partial charge in [-0.3, -0.25) is 0 Å². The third-order valence-electron chi connectivity index (χ3n) is 2.06. The highest BCUT2D eigenvalue weighted by Gasteiger charge is 2.05. The van der Waals surface area contributed by atoms with Crippen molar-refractivity contribution < 1.29 is 0 Å². The third kappa shape index (κ3) is 2.87. The smallest absolute Gasteiger partial charge is 0.169 e. The number of aromatic nitrogens is 2. The molecule has 0 radical (unpaired) electrons. The van der Waals surface area contributed by atoms with E-state index in [-0.39, 0.29) is 0 Å². The predicted octanol–water partition coefficient (Wildman–Crippen LogP) is 3.08. The van der Waals surface area contributed by atoms with Gasteiger partial charge in [-0.15, -0.1) is 11.3 Å². The number of nitrogens with one attached hydrogen (secondary N) is 1. The summed E-state index contributed by atoms with van der Waals surface area (Å²) in [4.78, 5) is 9.88. The van der Waals surface area contributed by atoms with Gasteiger partial charge in [-0.1, -0.05) is 6.92 Å². The summed E-state index contributed by atoms with van der Waals surface area (Å²) in [6.07, 6.45) is 1.81. The molecule has 2 aromatic rings. The van der Waals surface area contributed by atoms with Crippen LogP contribution in [0.1, 0.15) is 12.6 Å². The Labute approximate surface area is 107 Å². The molecule has 2 aromatic heterocycles. The van der Waals surface area contributed by atoms with Gasteiger partial charge in [-0.05, 0) is 34.6 Å². The molecule has 0 aromatic carbocycles. The molecule has 16 heavy (non-hydrogen) atoms. The van der Waals surface area contributed by atoms with Crippen molar-refractivity contribution in [1.82, 2.24) is 15.3 Å². The van der Waals surface area contributed by atoms with E-state index < -0.39 is 0 Å². The van der Waals surface area contributed by atoms with Crippen LogP contribution < -0.4 is 5.32 Å². The summed E-state index contributed by atoms with van der Waals surface area (Å²) in [5.41, 5.74) is 1.02. The Bertz CT molecular complexity index is 470. The summed E-state index contributed by atoms with van der Waals surface area (Å²) in [5, 5.41) is 5.29. The molecule has 2 heterocycles. The fourth-order valence-electron chi connectivity index (χ4n) is 1.30. The summed E-state index contributed by atoms with van der Waals surface area (Å²) < 4.78 is 1.08. The van der Waals surface area contributed by atoms with Crippen molar-refractivity contribution in [2.45, 2.75) is 13.5 Å². The second kappa shape index (κ2) is 5.52. The zero-order chi connectivity index (χ0) is 11.4.